The SMILES string of the molecule is CCNC(=NCCc1nc(C(C)C)no1)NC1CCCC(C(=O)NC(C)C)C1. The quantitative estimate of drug-likeness (QED) is 0.463. The summed E-state index contributed by atoms with van der Waals surface area (Å²) in [4.78, 5) is 21.4. The van der Waals surface area contributed by atoms with Crippen LogP contribution in [0.15, 0.2) is 9.52 Å². The molecule has 0 spiro atoms. The lowest BCUT2D eigenvalue weighted by molar-refractivity contribution is -0.126. The van der Waals surface area contributed by atoms with E-state index in [1.807, 2.05) is 34.6 Å². The van der Waals surface area contributed by atoms with Crippen LogP contribution < -0.4 is 16.0 Å². The van der Waals surface area contributed by atoms with Crippen molar-refractivity contribution in [2.75, 3.05) is 13.1 Å². The third-order valence-electron chi connectivity index (χ3n) is 4.76. The average Bonchev–Trinajstić information content (AvgIpc) is 3.11. The molecule has 0 bridgehead atoms. The Labute approximate surface area is 168 Å². The summed E-state index contributed by atoms with van der Waals surface area (Å²) >= 11 is 0. The highest BCUT2D eigenvalue weighted by molar-refractivity contribution is 5.81. The highest BCUT2D eigenvalue weighted by atomic mass is 16.5. The molecule has 0 aromatic carbocycles. The van der Waals surface area contributed by atoms with E-state index in [1.54, 1.807) is 0 Å². The van der Waals surface area contributed by atoms with E-state index in [0.29, 0.717) is 18.9 Å². The molecule has 1 saturated carbocycles. The van der Waals surface area contributed by atoms with Crippen molar-refractivity contribution in [3.05, 3.63) is 11.7 Å². The van der Waals surface area contributed by atoms with E-state index in [1.165, 1.54) is 0 Å². The van der Waals surface area contributed by atoms with Gasteiger partial charge < -0.3 is 20.5 Å². The van der Waals surface area contributed by atoms with Crippen LogP contribution in [0.2, 0.25) is 0 Å². The highest BCUT2D eigenvalue weighted by Gasteiger charge is 2.28. The van der Waals surface area contributed by atoms with Crippen LogP contribution in [0.25, 0.3) is 0 Å². The van der Waals surface area contributed by atoms with Crippen molar-refractivity contribution in [2.24, 2.45) is 10.9 Å². The van der Waals surface area contributed by atoms with E-state index in [9.17, 15) is 4.79 Å². The topological polar surface area (TPSA) is 104 Å². The van der Waals surface area contributed by atoms with Crippen LogP contribution >= 0.6 is 0 Å². The van der Waals surface area contributed by atoms with Gasteiger partial charge in [0, 0.05) is 36.9 Å². The van der Waals surface area contributed by atoms with E-state index in [4.69, 9.17) is 4.52 Å². The Morgan fingerprint density at radius 2 is 2.07 bits per heavy atom. The van der Waals surface area contributed by atoms with Gasteiger partial charge in [0.25, 0.3) is 0 Å². The van der Waals surface area contributed by atoms with Gasteiger partial charge in [-0.2, -0.15) is 4.98 Å². The number of hydrogen-bond donors (Lipinski definition) is 3. The fraction of sp³-hybridized carbons (Fsp3) is 0.800. The highest BCUT2D eigenvalue weighted by Crippen LogP contribution is 2.24. The molecular formula is C20H36N6O2. The maximum absolute atomic E-state index is 12.3. The van der Waals surface area contributed by atoms with Crippen LogP contribution in [0.5, 0.6) is 0 Å². The molecular weight excluding hydrogens is 356 g/mol. The largest absolute Gasteiger partial charge is 0.357 e. The summed E-state index contributed by atoms with van der Waals surface area (Å²) in [6, 6.07) is 0.436. The zero-order chi connectivity index (χ0) is 20.5. The Bertz CT molecular complexity index is 640. The standard InChI is InChI=1S/C20H36N6O2/c1-6-21-20(22-11-10-17-25-18(13(2)3)26-28-17)24-16-9-7-8-15(12-16)19(27)23-14(4)5/h13-16H,6-12H2,1-5H3,(H,23,27)(H2,21,22,24). The summed E-state index contributed by atoms with van der Waals surface area (Å²) in [6.07, 6.45) is 4.51. The van der Waals surface area contributed by atoms with Crippen LogP contribution in [0.3, 0.4) is 0 Å². The predicted octanol–water partition coefficient (Wildman–Crippen LogP) is 2.37. The number of aliphatic imine (C=N–C) groups is 1. The summed E-state index contributed by atoms with van der Waals surface area (Å²) < 4.78 is 5.27. The maximum atomic E-state index is 12.3. The number of rotatable bonds is 8. The molecule has 1 heterocycles. The molecule has 2 atom stereocenters. The number of aromatic nitrogens is 2. The fourth-order valence-corrected chi connectivity index (χ4v) is 3.34. The molecule has 3 N–H and O–H groups in total. The number of nitrogens with zero attached hydrogens (tertiary/aromatic N) is 3. The summed E-state index contributed by atoms with van der Waals surface area (Å²) in [7, 11) is 0. The molecule has 28 heavy (non-hydrogen) atoms. The van der Waals surface area contributed by atoms with Gasteiger partial charge in [0.05, 0.1) is 6.54 Å². The molecule has 1 aliphatic rings. The van der Waals surface area contributed by atoms with Crippen molar-refractivity contribution in [3.63, 3.8) is 0 Å². The van der Waals surface area contributed by atoms with Gasteiger partial charge in [-0.05, 0) is 40.0 Å². The van der Waals surface area contributed by atoms with Crippen LogP contribution in [-0.2, 0) is 11.2 Å². The van der Waals surface area contributed by atoms with Crippen LogP contribution in [0.4, 0.5) is 0 Å². The van der Waals surface area contributed by atoms with E-state index < -0.39 is 0 Å². The van der Waals surface area contributed by atoms with Crippen LogP contribution in [0.1, 0.15) is 77.9 Å². The van der Waals surface area contributed by atoms with E-state index >= 15 is 0 Å². The van der Waals surface area contributed by atoms with Crippen molar-refractivity contribution in [1.29, 1.82) is 0 Å². The molecule has 1 fully saturated rings. The minimum absolute atomic E-state index is 0.0735. The predicted molar refractivity (Wildman–Crippen MR) is 110 cm³/mol. The third-order valence-corrected chi connectivity index (χ3v) is 4.76. The molecule has 0 saturated heterocycles. The number of nitrogens with one attached hydrogen (secondary N) is 3. The Morgan fingerprint density at radius 1 is 1.29 bits per heavy atom. The van der Waals surface area contributed by atoms with E-state index in [-0.39, 0.29) is 29.8 Å². The smallest absolute Gasteiger partial charge is 0.228 e. The first-order valence-corrected chi connectivity index (χ1v) is 10.6. The number of carbonyl (C=O) groups excluding carboxylic acids is 1. The van der Waals surface area contributed by atoms with Crippen LogP contribution in [0, 0.1) is 5.92 Å². The molecule has 0 aliphatic heterocycles. The minimum Gasteiger partial charge on any atom is -0.357 e. The zero-order valence-electron chi connectivity index (χ0n) is 17.9. The summed E-state index contributed by atoms with van der Waals surface area (Å²) in [6.45, 7) is 11.5. The van der Waals surface area contributed by atoms with Gasteiger partial charge in [0.1, 0.15) is 0 Å². The van der Waals surface area contributed by atoms with Crippen molar-refractivity contribution in [2.45, 2.75) is 84.7 Å². The minimum atomic E-state index is 0.0735. The Kier molecular flexibility index (Phi) is 8.73. The van der Waals surface area contributed by atoms with E-state index in [0.717, 1.165) is 44.0 Å². The second-order valence-corrected chi connectivity index (χ2v) is 8.08. The molecule has 0 radical (unpaired) electrons. The number of hydrogen-bond acceptors (Lipinski definition) is 5. The van der Waals surface area contributed by atoms with Gasteiger partial charge in [-0.25, -0.2) is 0 Å². The number of guanidine groups is 1. The average molecular weight is 393 g/mol. The van der Waals surface area contributed by atoms with Gasteiger partial charge in [-0.3, -0.25) is 9.79 Å². The van der Waals surface area contributed by atoms with Crippen molar-refractivity contribution in [3.8, 4) is 0 Å². The fourth-order valence-electron chi connectivity index (χ4n) is 3.34. The molecule has 2 unspecified atom stereocenters. The molecule has 1 aromatic heterocycles. The molecule has 1 amide bonds. The summed E-state index contributed by atoms with van der Waals surface area (Å²) in [5, 5.41) is 13.8. The van der Waals surface area contributed by atoms with Crippen LogP contribution in [-0.4, -0.2) is 47.2 Å². The third kappa shape index (κ3) is 7.13. The first-order valence-electron chi connectivity index (χ1n) is 10.6. The molecule has 158 valence electrons. The van der Waals surface area contributed by atoms with Gasteiger partial charge in [0.2, 0.25) is 11.8 Å². The Balaban J connectivity index is 1.87. The lowest BCUT2D eigenvalue weighted by atomic mass is 9.85. The van der Waals surface area contributed by atoms with E-state index in [2.05, 4.69) is 31.1 Å². The lowest BCUT2D eigenvalue weighted by Gasteiger charge is -2.30. The van der Waals surface area contributed by atoms with Gasteiger partial charge in [-0.15, -0.1) is 0 Å². The maximum Gasteiger partial charge on any atom is 0.228 e. The summed E-state index contributed by atoms with van der Waals surface area (Å²) in [5.41, 5.74) is 0. The molecule has 2 rings (SSSR count). The number of amides is 1. The Morgan fingerprint density at radius 3 is 2.71 bits per heavy atom. The molecule has 1 aliphatic carbocycles. The zero-order valence-corrected chi connectivity index (χ0v) is 17.9. The lowest BCUT2D eigenvalue weighted by Crippen LogP contribution is -2.47. The van der Waals surface area contributed by atoms with Crippen molar-refractivity contribution >= 4 is 11.9 Å². The van der Waals surface area contributed by atoms with Crippen molar-refractivity contribution < 1.29 is 9.32 Å². The molecule has 8 nitrogen and oxygen atoms in total. The van der Waals surface area contributed by atoms with Gasteiger partial charge >= 0.3 is 0 Å². The summed E-state index contributed by atoms with van der Waals surface area (Å²) in [5.74, 6) is 2.63. The number of carbonyl (C=O) groups is 1. The molecule has 8 heteroatoms. The first kappa shape index (κ1) is 22.2. The monoisotopic (exact) mass is 392 g/mol. The first-order chi connectivity index (χ1) is 13.4. The van der Waals surface area contributed by atoms with Gasteiger partial charge in [-0.1, -0.05) is 25.4 Å². The second-order valence-electron chi connectivity index (χ2n) is 8.08. The van der Waals surface area contributed by atoms with Gasteiger partial charge in [0.15, 0.2) is 11.8 Å². The normalized spacial score (nSPS) is 20.5. The Hall–Kier alpha value is -2.12. The molecule has 1 aromatic rings. The second kappa shape index (κ2) is 11.0. The van der Waals surface area contributed by atoms with Crippen molar-refractivity contribution in [1.82, 2.24) is 26.1 Å².